The van der Waals surface area contributed by atoms with Crippen molar-refractivity contribution in [1.82, 2.24) is 4.90 Å². The third-order valence-corrected chi connectivity index (χ3v) is 4.20. The molecule has 0 saturated carbocycles. The third-order valence-electron chi connectivity index (χ3n) is 4.20. The summed E-state index contributed by atoms with van der Waals surface area (Å²) in [4.78, 5) is 2.46. The first-order valence-electron chi connectivity index (χ1n) is 7.70. The van der Waals surface area contributed by atoms with Crippen LogP contribution >= 0.6 is 0 Å². The fourth-order valence-corrected chi connectivity index (χ4v) is 2.81. The minimum atomic E-state index is -0.369. The summed E-state index contributed by atoms with van der Waals surface area (Å²) in [5, 5.41) is 10.3. The smallest absolute Gasteiger partial charge is 0.0802 e. The quantitative estimate of drug-likeness (QED) is 0.898. The van der Waals surface area contributed by atoms with Gasteiger partial charge in [0.15, 0.2) is 0 Å². The van der Waals surface area contributed by atoms with Crippen molar-refractivity contribution < 1.29 is 9.84 Å². The molecule has 0 aliphatic carbocycles. The molecule has 0 radical (unpaired) electrons. The number of aliphatic hydroxyl groups is 1. The van der Waals surface area contributed by atoms with Crippen LogP contribution in [0.3, 0.4) is 0 Å². The van der Waals surface area contributed by atoms with Crippen LogP contribution in [-0.2, 0) is 4.74 Å². The molecule has 3 nitrogen and oxygen atoms in total. The van der Waals surface area contributed by atoms with Crippen LogP contribution in [0, 0.1) is 6.92 Å². The van der Waals surface area contributed by atoms with Gasteiger partial charge in [-0.05, 0) is 32.3 Å². The van der Waals surface area contributed by atoms with Gasteiger partial charge >= 0.3 is 0 Å². The van der Waals surface area contributed by atoms with Gasteiger partial charge < -0.3 is 9.84 Å². The molecule has 3 heteroatoms. The second-order valence-electron chi connectivity index (χ2n) is 5.92. The minimum Gasteiger partial charge on any atom is -0.388 e. The molecular weight excluding hydrogens is 250 g/mol. The lowest BCUT2D eigenvalue weighted by Crippen LogP contribution is -2.48. The standard InChI is InChI=1S/C17H27NO2/c1-4-16-12-20-14(3)11-18(16)10-9-17(19)15-7-5-13(2)6-8-15/h5-8,14,16-17,19H,4,9-12H2,1-3H3. The number of nitrogens with zero attached hydrogens (tertiary/aromatic N) is 1. The number of hydrogen-bond donors (Lipinski definition) is 1. The fourth-order valence-electron chi connectivity index (χ4n) is 2.81. The SMILES string of the molecule is CCC1COC(C)CN1CCC(O)c1ccc(C)cc1. The van der Waals surface area contributed by atoms with Gasteiger partial charge in [0.2, 0.25) is 0 Å². The van der Waals surface area contributed by atoms with Crippen molar-refractivity contribution in [2.75, 3.05) is 19.7 Å². The van der Waals surface area contributed by atoms with E-state index in [9.17, 15) is 5.11 Å². The van der Waals surface area contributed by atoms with Crippen LogP contribution in [0.25, 0.3) is 0 Å². The molecule has 0 bridgehead atoms. The zero-order chi connectivity index (χ0) is 14.5. The number of aliphatic hydroxyl groups excluding tert-OH is 1. The van der Waals surface area contributed by atoms with E-state index in [4.69, 9.17) is 4.74 Å². The maximum atomic E-state index is 10.3. The Morgan fingerprint density at radius 3 is 2.70 bits per heavy atom. The molecule has 1 aliphatic rings. The predicted molar refractivity (Wildman–Crippen MR) is 81.8 cm³/mol. The average Bonchev–Trinajstić information content (AvgIpc) is 2.45. The highest BCUT2D eigenvalue weighted by molar-refractivity contribution is 5.23. The Labute approximate surface area is 122 Å². The van der Waals surface area contributed by atoms with Crippen molar-refractivity contribution in [1.29, 1.82) is 0 Å². The number of hydrogen-bond acceptors (Lipinski definition) is 3. The van der Waals surface area contributed by atoms with Crippen LogP contribution < -0.4 is 0 Å². The maximum absolute atomic E-state index is 10.3. The lowest BCUT2D eigenvalue weighted by atomic mass is 10.0. The molecule has 1 heterocycles. The summed E-state index contributed by atoms with van der Waals surface area (Å²) in [7, 11) is 0. The van der Waals surface area contributed by atoms with Crippen molar-refractivity contribution in [3.05, 3.63) is 35.4 Å². The zero-order valence-electron chi connectivity index (χ0n) is 12.9. The summed E-state index contributed by atoms with van der Waals surface area (Å²) < 4.78 is 5.71. The van der Waals surface area contributed by atoms with Gasteiger partial charge in [-0.3, -0.25) is 4.90 Å². The van der Waals surface area contributed by atoms with E-state index < -0.39 is 0 Å². The molecular formula is C17H27NO2. The van der Waals surface area contributed by atoms with Crippen LogP contribution in [0.5, 0.6) is 0 Å². The number of morpholine rings is 1. The summed E-state index contributed by atoms with van der Waals surface area (Å²) in [6.45, 7) is 9.11. The second kappa shape index (κ2) is 7.21. The summed E-state index contributed by atoms with van der Waals surface area (Å²) >= 11 is 0. The molecule has 1 fully saturated rings. The van der Waals surface area contributed by atoms with Crippen molar-refractivity contribution >= 4 is 0 Å². The van der Waals surface area contributed by atoms with Crippen molar-refractivity contribution in [2.24, 2.45) is 0 Å². The Morgan fingerprint density at radius 2 is 2.05 bits per heavy atom. The molecule has 1 aromatic carbocycles. The molecule has 3 atom stereocenters. The Balaban J connectivity index is 1.88. The molecule has 1 aliphatic heterocycles. The molecule has 1 N–H and O–H groups in total. The van der Waals surface area contributed by atoms with Gasteiger partial charge in [0.1, 0.15) is 0 Å². The lowest BCUT2D eigenvalue weighted by Gasteiger charge is -2.38. The summed E-state index contributed by atoms with van der Waals surface area (Å²) in [5.74, 6) is 0. The van der Waals surface area contributed by atoms with Gasteiger partial charge in [0.25, 0.3) is 0 Å². The van der Waals surface area contributed by atoms with E-state index in [2.05, 4.69) is 37.8 Å². The molecule has 112 valence electrons. The van der Waals surface area contributed by atoms with Gasteiger partial charge in [0, 0.05) is 19.1 Å². The third kappa shape index (κ3) is 4.05. The second-order valence-corrected chi connectivity index (χ2v) is 5.92. The van der Waals surface area contributed by atoms with E-state index >= 15 is 0 Å². The lowest BCUT2D eigenvalue weighted by molar-refractivity contribution is -0.0591. The molecule has 0 spiro atoms. The summed E-state index contributed by atoms with van der Waals surface area (Å²) in [6.07, 6.45) is 1.82. The van der Waals surface area contributed by atoms with Crippen molar-refractivity contribution in [3.8, 4) is 0 Å². The van der Waals surface area contributed by atoms with Crippen LogP contribution in [0.4, 0.5) is 0 Å². The summed E-state index contributed by atoms with van der Waals surface area (Å²) in [6, 6.07) is 8.67. The predicted octanol–water partition coefficient (Wildman–Crippen LogP) is 2.92. The number of benzene rings is 1. The van der Waals surface area contributed by atoms with Gasteiger partial charge in [-0.1, -0.05) is 36.8 Å². The van der Waals surface area contributed by atoms with Crippen LogP contribution in [0.2, 0.25) is 0 Å². The fraction of sp³-hybridized carbons (Fsp3) is 0.647. The van der Waals surface area contributed by atoms with Gasteiger partial charge in [0.05, 0.1) is 18.8 Å². The highest BCUT2D eigenvalue weighted by Crippen LogP contribution is 2.20. The van der Waals surface area contributed by atoms with E-state index in [1.165, 1.54) is 5.56 Å². The van der Waals surface area contributed by atoms with Crippen LogP contribution in [0.15, 0.2) is 24.3 Å². The molecule has 3 unspecified atom stereocenters. The van der Waals surface area contributed by atoms with Crippen molar-refractivity contribution in [3.63, 3.8) is 0 Å². The Bertz CT molecular complexity index is 404. The van der Waals surface area contributed by atoms with Crippen LogP contribution in [0.1, 0.15) is 43.9 Å². The molecule has 0 amide bonds. The molecule has 20 heavy (non-hydrogen) atoms. The molecule has 2 rings (SSSR count). The Morgan fingerprint density at radius 1 is 1.35 bits per heavy atom. The molecule has 0 aromatic heterocycles. The number of rotatable bonds is 5. The minimum absolute atomic E-state index is 0.300. The topological polar surface area (TPSA) is 32.7 Å². The largest absolute Gasteiger partial charge is 0.388 e. The first kappa shape index (κ1) is 15.5. The maximum Gasteiger partial charge on any atom is 0.0802 e. The highest BCUT2D eigenvalue weighted by atomic mass is 16.5. The molecule has 1 saturated heterocycles. The monoisotopic (exact) mass is 277 g/mol. The molecule has 1 aromatic rings. The Hall–Kier alpha value is -0.900. The normalized spacial score (nSPS) is 25.6. The first-order valence-corrected chi connectivity index (χ1v) is 7.70. The van der Waals surface area contributed by atoms with Crippen LogP contribution in [-0.4, -0.2) is 41.8 Å². The zero-order valence-corrected chi connectivity index (χ0v) is 12.9. The van der Waals surface area contributed by atoms with E-state index in [0.717, 1.165) is 38.1 Å². The van der Waals surface area contributed by atoms with E-state index in [1.54, 1.807) is 0 Å². The van der Waals surface area contributed by atoms with E-state index in [1.807, 2.05) is 12.1 Å². The Kier molecular flexibility index (Phi) is 5.58. The number of aryl methyl sites for hydroxylation is 1. The number of ether oxygens (including phenoxy) is 1. The van der Waals surface area contributed by atoms with Gasteiger partial charge in [-0.25, -0.2) is 0 Å². The summed E-state index contributed by atoms with van der Waals surface area (Å²) in [5.41, 5.74) is 2.25. The van der Waals surface area contributed by atoms with Gasteiger partial charge in [-0.2, -0.15) is 0 Å². The average molecular weight is 277 g/mol. The van der Waals surface area contributed by atoms with Crippen molar-refractivity contribution in [2.45, 2.75) is 51.9 Å². The van der Waals surface area contributed by atoms with E-state index in [0.29, 0.717) is 12.1 Å². The van der Waals surface area contributed by atoms with E-state index in [-0.39, 0.29) is 6.10 Å². The van der Waals surface area contributed by atoms with Gasteiger partial charge in [-0.15, -0.1) is 0 Å². The highest BCUT2D eigenvalue weighted by Gasteiger charge is 2.25. The first-order chi connectivity index (χ1) is 9.60.